The van der Waals surface area contributed by atoms with Crippen LogP contribution in [-0.4, -0.2) is 19.7 Å². The Morgan fingerprint density at radius 1 is 1.31 bits per heavy atom. The number of nitrogens with zero attached hydrogens (tertiary/aromatic N) is 4. The van der Waals surface area contributed by atoms with Crippen molar-refractivity contribution in [2.75, 3.05) is 5.73 Å². The van der Waals surface area contributed by atoms with Crippen LogP contribution in [-0.2, 0) is 0 Å². The van der Waals surface area contributed by atoms with E-state index in [9.17, 15) is 0 Å². The van der Waals surface area contributed by atoms with Crippen LogP contribution >= 0.6 is 15.9 Å². The molecule has 13 heavy (non-hydrogen) atoms. The van der Waals surface area contributed by atoms with Crippen LogP contribution in [0.3, 0.4) is 0 Å². The number of nitrogens with two attached hydrogens (primary N) is 1. The average Bonchev–Trinajstić information content (AvgIpc) is 2.49. The molecule has 2 rings (SSSR count). The monoisotopic (exact) mass is 239 g/mol. The van der Waals surface area contributed by atoms with Crippen LogP contribution in [0.1, 0.15) is 0 Å². The molecule has 0 unspecified atom stereocenters. The van der Waals surface area contributed by atoms with Crippen LogP contribution in [0.5, 0.6) is 0 Å². The van der Waals surface area contributed by atoms with Gasteiger partial charge in [0.15, 0.2) is 5.82 Å². The molecule has 0 saturated heterocycles. The van der Waals surface area contributed by atoms with Crippen molar-refractivity contribution >= 4 is 21.7 Å². The van der Waals surface area contributed by atoms with Crippen molar-refractivity contribution in [1.82, 2.24) is 19.7 Å². The maximum absolute atomic E-state index is 5.72. The van der Waals surface area contributed by atoms with E-state index in [0.29, 0.717) is 11.6 Å². The zero-order chi connectivity index (χ0) is 9.26. The van der Waals surface area contributed by atoms with Gasteiger partial charge < -0.3 is 5.73 Å². The Balaban J connectivity index is 2.53. The molecule has 2 aromatic rings. The predicted molar refractivity (Wildman–Crippen MR) is 51.3 cm³/mol. The molecule has 2 aromatic heterocycles. The minimum Gasteiger partial charge on any atom is -0.383 e. The first kappa shape index (κ1) is 8.18. The summed E-state index contributed by atoms with van der Waals surface area (Å²) in [6, 6.07) is 0. The first-order valence-corrected chi connectivity index (χ1v) is 4.33. The third-order valence-corrected chi connectivity index (χ3v) is 2.14. The van der Waals surface area contributed by atoms with Gasteiger partial charge in [-0.15, -0.1) is 0 Å². The second-order valence-electron chi connectivity index (χ2n) is 2.35. The number of aromatic nitrogens is 4. The molecule has 66 valence electrons. The molecule has 0 atom stereocenters. The maximum atomic E-state index is 5.72. The minimum atomic E-state index is 0.514. The molecule has 6 heteroatoms. The Bertz CT molecular complexity index is 410. The Morgan fingerprint density at radius 2 is 2.15 bits per heavy atom. The van der Waals surface area contributed by atoms with Gasteiger partial charge in [0.05, 0.1) is 16.9 Å². The molecular weight excluding hydrogens is 234 g/mol. The zero-order valence-corrected chi connectivity index (χ0v) is 8.14. The second-order valence-corrected chi connectivity index (χ2v) is 3.21. The summed E-state index contributed by atoms with van der Waals surface area (Å²) in [5.74, 6) is 1.12. The highest BCUT2D eigenvalue weighted by atomic mass is 79.9. The lowest BCUT2D eigenvalue weighted by Crippen LogP contribution is -2.03. The maximum Gasteiger partial charge on any atom is 0.174 e. The van der Waals surface area contributed by atoms with E-state index in [2.05, 4.69) is 31.0 Å². The number of hydrogen-bond acceptors (Lipinski definition) is 4. The highest BCUT2D eigenvalue weighted by Gasteiger charge is 2.06. The van der Waals surface area contributed by atoms with E-state index < -0.39 is 0 Å². The van der Waals surface area contributed by atoms with E-state index in [4.69, 9.17) is 5.73 Å². The summed E-state index contributed by atoms with van der Waals surface area (Å²) in [6.07, 6.45) is 6.39. The second kappa shape index (κ2) is 3.14. The summed E-state index contributed by atoms with van der Waals surface area (Å²) >= 11 is 3.26. The van der Waals surface area contributed by atoms with Crippen LogP contribution in [0.25, 0.3) is 5.82 Å². The van der Waals surface area contributed by atoms with Gasteiger partial charge in [0.1, 0.15) is 5.82 Å². The fraction of sp³-hybridized carbons (Fsp3) is 0. The van der Waals surface area contributed by atoms with Gasteiger partial charge in [0.25, 0.3) is 0 Å². The number of halogens is 1. The van der Waals surface area contributed by atoms with Crippen LogP contribution in [0.15, 0.2) is 29.3 Å². The van der Waals surface area contributed by atoms with E-state index in [-0.39, 0.29) is 0 Å². The molecule has 0 fully saturated rings. The molecule has 0 bridgehead atoms. The molecule has 0 amide bonds. The molecular formula is C7H6BrN5. The molecule has 0 spiro atoms. The zero-order valence-electron chi connectivity index (χ0n) is 6.55. The van der Waals surface area contributed by atoms with Gasteiger partial charge in [-0.3, -0.25) is 4.98 Å². The van der Waals surface area contributed by atoms with Crippen molar-refractivity contribution < 1.29 is 0 Å². The normalized spacial score (nSPS) is 10.2. The van der Waals surface area contributed by atoms with Gasteiger partial charge in [-0.1, -0.05) is 0 Å². The standard InChI is InChI=1S/C7H6BrN5/c8-5-3-12-13(7(5)9)6-4-10-1-2-11-6/h1-4H,9H2. The van der Waals surface area contributed by atoms with Gasteiger partial charge in [0.2, 0.25) is 0 Å². The topological polar surface area (TPSA) is 69.6 Å². The van der Waals surface area contributed by atoms with E-state index in [1.54, 1.807) is 24.8 Å². The largest absolute Gasteiger partial charge is 0.383 e. The van der Waals surface area contributed by atoms with Crippen molar-refractivity contribution in [3.63, 3.8) is 0 Å². The minimum absolute atomic E-state index is 0.514. The van der Waals surface area contributed by atoms with Crippen molar-refractivity contribution in [3.8, 4) is 5.82 Å². The Kier molecular flexibility index (Phi) is 1.97. The molecule has 0 saturated carbocycles. The molecule has 2 heterocycles. The van der Waals surface area contributed by atoms with Crippen LogP contribution in [0, 0.1) is 0 Å². The summed E-state index contributed by atoms with van der Waals surface area (Å²) in [5.41, 5.74) is 5.72. The SMILES string of the molecule is Nc1c(Br)cnn1-c1cnccn1. The molecule has 0 aliphatic rings. The molecule has 0 radical (unpaired) electrons. The van der Waals surface area contributed by atoms with Crippen LogP contribution in [0.4, 0.5) is 5.82 Å². The van der Waals surface area contributed by atoms with Gasteiger partial charge in [0, 0.05) is 12.4 Å². The molecule has 5 nitrogen and oxygen atoms in total. The molecule has 2 N–H and O–H groups in total. The number of rotatable bonds is 1. The van der Waals surface area contributed by atoms with Crippen molar-refractivity contribution in [1.29, 1.82) is 0 Å². The first-order valence-electron chi connectivity index (χ1n) is 3.54. The summed E-state index contributed by atoms with van der Waals surface area (Å²) in [6.45, 7) is 0. The van der Waals surface area contributed by atoms with E-state index in [1.165, 1.54) is 4.68 Å². The van der Waals surface area contributed by atoms with Gasteiger partial charge in [-0.2, -0.15) is 9.78 Å². The van der Waals surface area contributed by atoms with Crippen LogP contribution < -0.4 is 5.73 Å². The highest BCUT2D eigenvalue weighted by Crippen LogP contribution is 2.19. The lowest BCUT2D eigenvalue weighted by atomic mass is 10.6. The van der Waals surface area contributed by atoms with Gasteiger partial charge in [-0.25, -0.2) is 4.98 Å². The van der Waals surface area contributed by atoms with E-state index in [1.807, 2.05) is 0 Å². The summed E-state index contributed by atoms with van der Waals surface area (Å²) < 4.78 is 2.26. The lowest BCUT2D eigenvalue weighted by molar-refractivity contribution is 0.847. The number of hydrogen-bond donors (Lipinski definition) is 1. The fourth-order valence-corrected chi connectivity index (χ4v) is 1.18. The molecule has 0 aromatic carbocycles. The Labute approximate surface area is 82.7 Å². The Hall–Kier alpha value is -1.43. The average molecular weight is 240 g/mol. The predicted octanol–water partition coefficient (Wildman–Crippen LogP) is 1.01. The molecule has 0 aliphatic carbocycles. The van der Waals surface area contributed by atoms with Gasteiger partial charge >= 0.3 is 0 Å². The third-order valence-electron chi connectivity index (χ3n) is 1.53. The van der Waals surface area contributed by atoms with Crippen molar-refractivity contribution in [2.24, 2.45) is 0 Å². The Morgan fingerprint density at radius 3 is 2.69 bits per heavy atom. The van der Waals surface area contributed by atoms with Gasteiger partial charge in [-0.05, 0) is 15.9 Å². The van der Waals surface area contributed by atoms with Crippen molar-refractivity contribution in [2.45, 2.75) is 0 Å². The van der Waals surface area contributed by atoms with E-state index >= 15 is 0 Å². The number of nitrogen functional groups attached to an aromatic ring is 1. The van der Waals surface area contributed by atoms with E-state index in [0.717, 1.165) is 4.47 Å². The molecule has 0 aliphatic heterocycles. The first-order chi connectivity index (χ1) is 6.29. The summed E-state index contributed by atoms with van der Waals surface area (Å²) in [7, 11) is 0. The lowest BCUT2D eigenvalue weighted by Gasteiger charge is -2.00. The highest BCUT2D eigenvalue weighted by molar-refractivity contribution is 9.10. The van der Waals surface area contributed by atoms with Crippen molar-refractivity contribution in [3.05, 3.63) is 29.3 Å². The summed E-state index contributed by atoms with van der Waals surface area (Å²) in [4.78, 5) is 7.98. The third kappa shape index (κ3) is 1.40. The fourth-order valence-electron chi connectivity index (χ4n) is 0.921. The smallest absolute Gasteiger partial charge is 0.174 e. The number of anilines is 1. The van der Waals surface area contributed by atoms with Crippen LogP contribution in [0.2, 0.25) is 0 Å². The quantitative estimate of drug-likeness (QED) is 0.807. The summed E-state index contributed by atoms with van der Waals surface area (Å²) in [5, 5.41) is 4.03.